The summed E-state index contributed by atoms with van der Waals surface area (Å²) in [6.07, 6.45) is 0.701. The van der Waals surface area contributed by atoms with Crippen molar-refractivity contribution in [3.63, 3.8) is 0 Å². The molecule has 80 valence electrons. The highest BCUT2D eigenvalue weighted by Gasteiger charge is 2.27. The number of hydrogen-bond donors (Lipinski definition) is 1. The Hall–Kier alpha value is -1.53. The summed E-state index contributed by atoms with van der Waals surface area (Å²) in [7, 11) is 1.61. The Balaban J connectivity index is 2.80. The van der Waals surface area contributed by atoms with Crippen molar-refractivity contribution in [1.29, 1.82) is 5.26 Å². The third-order valence-corrected chi connectivity index (χ3v) is 2.37. The Morgan fingerprint density at radius 1 is 1.40 bits per heavy atom. The van der Waals surface area contributed by atoms with Crippen LogP contribution in [-0.4, -0.2) is 19.3 Å². The third-order valence-electron chi connectivity index (χ3n) is 2.37. The third kappa shape index (κ3) is 2.97. The van der Waals surface area contributed by atoms with Crippen LogP contribution in [0.1, 0.15) is 13.3 Å². The molecule has 0 amide bonds. The van der Waals surface area contributed by atoms with Crippen LogP contribution >= 0.6 is 0 Å². The average molecular weight is 204 g/mol. The molecular weight excluding hydrogens is 188 g/mol. The lowest BCUT2D eigenvalue weighted by Gasteiger charge is -2.26. The minimum Gasteiger partial charge on any atom is -0.381 e. The van der Waals surface area contributed by atoms with Gasteiger partial charge in [-0.25, -0.2) is 0 Å². The van der Waals surface area contributed by atoms with Gasteiger partial charge in [0.05, 0.1) is 12.7 Å². The first-order valence-electron chi connectivity index (χ1n) is 5.00. The van der Waals surface area contributed by atoms with Crippen molar-refractivity contribution in [2.45, 2.75) is 18.9 Å². The Bertz CT molecular complexity index is 331. The molecule has 0 saturated carbocycles. The van der Waals surface area contributed by atoms with Crippen molar-refractivity contribution in [2.75, 3.05) is 19.0 Å². The number of benzene rings is 1. The van der Waals surface area contributed by atoms with Crippen molar-refractivity contribution in [2.24, 2.45) is 0 Å². The molecule has 0 fully saturated rings. The molecular formula is C12H16N2O. The maximum absolute atomic E-state index is 9.18. The average Bonchev–Trinajstić information content (AvgIpc) is 2.30. The number of anilines is 1. The number of ether oxygens (including phenoxy) is 1. The zero-order valence-electron chi connectivity index (χ0n) is 9.16. The molecule has 1 rings (SSSR count). The molecule has 1 atom stereocenters. The normalized spacial score (nSPS) is 13.9. The number of rotatable bonds is 5. The number of methoxy groups -OCH3 is 1. The van der Waals surface area contributed by atoms with Crippen LogP contribution in [0.15, 0.2) is 30.3 Å². The number of nitrogens with zero attached hydrogens (tertiary/aromatic N) is 1. The van der Waals surface area contributed by atoms with Gasteiger partial charge < -0.3 is 10.1 Å². The fraction of sp³-hybridized carbons (Fsp3) is 0.417. The van der Waals surface area contributed by atoms with Crippen LogP contribution in [0.5, 0.6) is 0 Å². The second-order valence-electron chi connectivity index (χ2n) is 3.47. The molecule has 0 aliphatic rings. The molecule has 1 N–H and O–H groups in total. The lowest BCUT2D eigenvalue weighted by Crippen LogP contribution is -2.40. The van der Waals surface area contributed by atoms with E-state index in [2.05, 4.69) is 11.4 Å². The molecule has 3 heteroatoms. The van der Waals surface area contributed by atoms with Crippen molar-refractivity contribution >= 4 is 5.69 Å². The molecule has 1 aromatic rings. The van der Waals surface area contributed by atoms with E-state index in [4.69, 9.17) is 4.74 Å². The van der Waals surface area contributed by atoms with Gasteiger partial charge in [-0.2, -0.15) is 5.26 Å². The number of para-hydroxylation sites is 1. The zero-order chi connectivity index (χ0) is 11.1. The van der Waals surface area contributed by atoms with E-state index in [1.54, 1.807) is 7.11 Å². The molecule has 1 unspecified atom stereocenters. The van der Waals surface area contributed by atoms with Crippen LogP contribution in [0, 0.1) is 11.3 Å². The molecule has 3 nitrogen and oxygen atoms in total. The van der Waals surface area contributed by atoms with E-state index in [-0.39, 0.29) is 0 Å². The van der Waals surface area contributed by atoms with Gasteiger partial charge in [0, 0.05) is 12.8 Å². The van der Waals surface area contributed by atoms with Gasteiger partial charge in [0.2, 0.25) is 0 Å². The first-order chi connectivity index (χ1) is 7.26. The summed E-state index contributed by atoms with van der Waals surface area (Å²) >= 11 is 0. The summed E-state index contributed by atoms with van der Waals surface area (Å²) in [5.41, 5.74) is 0.314. The lowest BCUT2D eigenvalue weighted by molar-refractivity contribution is 0.162. The molecule has 15 heavy (non-hydrogen) atoms. The fourth-order valence-electron chi connectivity index (χ4n) is 1.41. The molecule has 1 aromatic carbocycles. The van der Waals surface area contributed by atoms with Crippen LogP contribution in [0.4, 0.5) is 5.69 Å². The SMILES string of the molecule is CCC(C#N)(COC)Nc1ccccc1. The largest absolute Gasteiger partial charge is 0.381 e. The molecule has 0 spiro atoms. The van der Waals surface area contributed by atoms with Crippen LogP contribution in [0.25, 0.3) is 0 Å². The van der Waals surface area contributed by atoms with Crippen LogP contribution in [0.3, 0.4) is 0 Å². The number of nitrogens with one attached hydrogen (secondary N) is 1. The first-order valence-corrected chi connectivity index (χ1v) is 5.00. The minimum absolute atomic E-state index is 0.384. The summed E-state index contributed by atoms with van der Waals surface area (Å²) in [5.74, 6) is 0. The van der Waals surface area contributed by atoms with Crippen LogP contribution < -0.4 is 5.32 Å². The van der Waals surface area contributed by atoms with Gasteiger partial charge in [0.25, 0.3) is 0 Å². The Morgan fingerprint density at radius 2 is 2.07 bits per heavy atom. The predicted octanol–water partition coefficient (Wildman–Crippen LogP) is 2.42. The molecule has 0 radical (unpaired) electrons. The predicted molar refractivity (Wildman–Crippen MR) is 60.6 cm³/mol. The van der Waals surface area contributed by atoms with E-state index < -0.39 is 5.54 Å². The van der Waals surface area contributed by atoms with E-state index in [1.165, 1.54) is 0 Å². The molecule has 0 bridgehead atoms. The molecule has 0 saturated heterocycles. The number of nitriles is 1. The van der Waals surface area contributed by atoms with Gasteiger partial charge in [0.1, 0.15) is 5.54 Å². The van der Waals surface area contributed by atoms with Gasteiger partial charge in [-0.1, -0.05) is 25.1 Å². The van der Waals surface area contributed by atoms with Crippen molar-refractivity contribution in [3.05, 3.63) is 30.3 Å². The quantitative estimate of drug-likeness (QED) is 0.801. The smallest absolute Gasteiger partial charge is 0.148 e. The number of hydrogen-bond acceptors (Lipinski definition) is 3. The summed E-state index contributed by atoms with van der Waals surface area (Å²) in [6, 6.07) is 12.0. The maximum atomic E-state index is 9.18. The van der Waals surface area contributed by atoms with E-state index in [0.717, 1.165) is 5.69 Å². The van der Waals surface area contributed by atoms with Gasteiger partial charge in [-0.05, 0) is 18.6 Å². The summed E-state index contributed by atoms with van der Waals surface area (Å²) in [4.78, 5) is 0. The van der Waals surface area contributed by atoms with Gasteiger partial charge >= 0.3 is 0 Å². The van der Waals surface area contributed by atoms with Gasteiger partial charge in [0.15, 0.2) is 0 Å². The maximum Gasteiger partial charge on any atom is 0.148 e. The van der Waals surface area contributed by atoms with E-state index in [9.17, 15) is 5.26 Å². The second-order valence-corrected chi connectivity index (χ2v) is 3.47. The topological polar surface area (TPSA) is 45.0 Å². The second kappa shape index (κ2) is 5.38. The monoisotopic (exact) mass is 204 g/mol. The summed E-state index contributed by atoms with van der Waals surface area (Å²) in [6.45, 7) is 2.35. The first kappa shape index (κ1) is 11.5. The minimum atomic E-state index is -0.629. The van der Waals surface area contributed by atoms with Gasteiger partial charge in [-0.15, -0.1) is 0 Å². The highest BCUT2D eigenvalue weighted by Crippen LogP contribution is 2.18. The van der Waals surface area contributed by atoms with Crippen LogP contribution in [0.2, 0.25) is 0 Å². The van der Waals surface area contributed by atoms with Crippen molar-refractivity contribution in [3.8, 4) is 6.07 Å². The Kier molecular flexibility index (Phi) is 4.14. The van der Waals surface area contributed by atoms with E-state index >= 15 is 0 Å². The Labute approximate surface area is 90.7 Å². The summed E-state index contributed by atoms with van der Waals surface area (Å²) in [5, 5.41) is 12.4. The standard InChI is InChI=1S/C12H16N2O/c1-3-12(9-13,10-15-2)14-11-7-5-4-6-8-11/h4-8,14H,3,10H2,1-2H3. The van der Waals surface area contributed by atoms with E-state index in [0.29, 0.717) is 13.0 Å². The molecule has 0 aliphatic heterocycles. The fourth-order valence-corrected chi connectivity index (χ4v) is 1.41. The Morgan fingerprint density at radius 3 is 2.53 bits per heavy atom. The van der Waals surface area contributed by atoms with Crippen LogP contribution in [-0.2, 0) is 4.74 Å². The zero-order valence-corrected chi connectivity index (χ0v) is 9.16. The molecule has 0 aliphatic carbocycles. The molecule has 0 aromatic heterocycles. The highest BCUT2D eigenvalue weighted by atomic mass is 16.5. The van der Waals surface area contributed by atoms with Crippen molar-refractivity contribution < 1.29 is 4.74 Å². The highest BCUT2D eigenvalue weighted by molar-refractivity contribution is 5.47. The van der Waals surface area contributed by atoms with E-state index in [1.807, 2.05) is 37.3 Å². The van der Waals surface area contributed by atoms with Gasteiger partial charge in [-0.3, -0.25) is 0 Å². The summed E-state index contributed by atoms with van der Waals surface area (Å²) < 4.78 is 5.08. The molecule has 0 heterocycles. The van der Waals surface area contributed by atoms with Crippen molar-refractivity contribution in [1.82, 2.24) is 0 Å². The lowest BCUT2D eigenvalue weighted by atomic mass is 9.99.